The fourth-order valence-corrected chi connectivity index (χ4v) is 2.71. The summed E-state index contributed by atoms with van der Waals surface area (Å²) in [5, 5.41) is 15.1. The molecule has 6 heteroatoms. The molecule has 26 heavy (non-hydrogen) atoms. The van der Waals surface area contributed by atoms with Gasteiger partial charge in [-0.15, -0.1) is 5.10 Å². The predicted molar refractivity (Wildman–Crippen MR) is 103 cm³/mol. The molecule has 128 valence electrons. The Bertz CT molecular complexity index is 1050. The number of hydrogen-bond donors (Lipinski definition) is 3. The molecule has 0 fully saturated rings. The maximum Gasteiger partial charge on any atom is 0.257 e. The molecule has 0 atom stereocenters. The molecule has 0 spiro atoms. The second kappa shape index (κ2) is 6.68. The minimum Gasteiger partial charge on any atom is -0.360 e. The molecule has 4 rings (SSSR count). The van der Waals surface area contributed by atoms with Crippen molar-refractivity contribution in [1.29, 1.82) is 0 Å². The van der Waals surface area contributed by atoms with E-state index in [9.17, 15) is 4.79 Å². The number of aromatic nitrogens is 3. The lowest BCUT2D eigenvalue weighted by Crippen LogP contribution is -2.11. The lowest BCUT2D eigenvalue weighted by molar-refractivity contribution is 0.102. The van der Waals surface area contributed by atoms with Gasteiger partial charge in [0.25, 0.3) is 5.91 Å². The molecule has 0 aliphatic rings. The monoisotopic (exact) mass is 343 g/mol. The molecule has 0 unspecified atom stereocenters. The molecule has 2 aromatic carbocycles. The van der Waals surface area contributed by atoms with E-state index in [4.69, 9.17) is 0 Å². The number of H-pyrrole nitrogens is 1. The molecule has 3 N–H and O–H groups in total. The molecular weight excluding hydrogens is 326 g/mol. The van der Waals surface area contributed by atoms with E-state index in [2.05, 4.69) is 25.8 Å². The van der Waals surface area contributed by atoms with Gasteiger partial charge in [0.05, 0.1) is 11.3 Å². The van der Waals surface area contributed by atoms with Crippen LogP contribution < -0.4 is 10.6 Å². The highest BCUT2D eigenvalue weighted by molar-refractivity contribution is 6.12. The third-order valence-electron chi connectivity index (χ3n) is 4.05. The zero-order valence-corrected chi connectivity index (χ0v) is 14.2. The van der Waals surface area contributed by atoms with Crippen LogP contribution in [-0.2, 0) is 0 Å². The van der Waals surface area contributed by atoms with Crippen LogP contribution in [0.4, 0.5) is 17.2 Å². The number of fused-ring (bicyclic) bond motifs is 1. The molecule has 0 bridgehead atoms. The van der Waals surface area contributed by atoms with Gasteiger partial charge in [-0.1, -0.05) is 18.2 Å². The summed E-state index contributed by atoms with van der Waals surface area (Å²) in [5.41, 5.74) is 4.02. The lowest BCUT2D eigenvalue weighted by Gasteiger charge is -2.08. The van der Waals surface area contributed by atoms with E-state index in [1.807, 2.05) is 67.6 Å². The van der Waals surface area contributed by atoms with Crippen LogP contribution in [0.3, 0.4) is 0 Å². The van der Waals surface area contributed by atoms with E-state index in [1.165, 1.54) is 0 Å². The van der Waals surface area contributed by atoms with Gasteiger partial charge >= 0.3 is 0 Å². The van der Waals surface area contributed by atoms with Gasteiger partial charge in [-0.05, 0) is 49.4 Å². The molecule has 0 aliphatic heterocycles. The van der Waals surface area contributed by atoms with Crippen LogP contribution in [0.25, 0.3) is 10.9 Å². The zero-order chi connectivity index (χ0) is 17.9. The van der Waals surface area contributed by atoms with Crippen molar-refractivity contribution in [2.24, 2.45) is 0 Å². The maximum absolute atomic E-state index is 12.5. The van der Waals surface area contributed by atoms with Crippen LogP contribution >= 0.6 is 0 Å². The molecule has 2 heterocycles. The first kappa shape index (κ1) is 15.8. The Balaban J connectivity index is 1.47. The summed E-state index contributed by atoms with van der Waals surface area (Å²) in [4.78, 5) is 15.6. The van der Waals surface area contributed by atoms with Crippen molar-refractivity contribution in [3.8, 4) is 0 Å². The van der Waals surface area contributed by atoms with Crippen LogP contribution in [0.5, 0.6) is 0 Å². The lowest BCUT2D eigenvalue weighted by atomic mass is 10.1. The summed E-state index contributed by atoms with van der Waals surface area (Å²) in [6.45, 7) is 1.89. The second-order valence-corrected chi connectivity index (χ2v) is 5.96. The number of hydrogen-bond acceptors (Lipinski definition) is 4. The average molecular weight is 343 g/mol. The van der Waals surface area contributed by atoms with Crippen molar-refractivity contribution in [2.45, 2.75) is 6.92 Å². The van der Waals surface area contributed by atoms with Gasteiger partial charge in [0.2, 0.25) is 0 Å². The molecule has 2 aromatic heterocycles. The first-order valence-corrected chi connectivity index (χ1v) is 8.24. The molecule has 0 saturated carbocycles. The standard InChI is InChI=1S/C20H17N5O/c1-13-6-11-19(25-24-13)22-14-7-9-15(10-8-14)23-20(26)17-12-21-18-5-3-2-4-16(17)18/h2-12,21H,1H3,(H,22,25)(H,23,26). The number of amides is 1. The van der Waals surface area contributed by atoms with Crippen LogP contribution in [0.2, 0.25) is 0 Å². The number of nitrogens with zero attached hydrogens (tertiary/aromatic N) is 2. The van der Waals surface area contributed by atoms with Crippen LogP contribution in [0, 0.1) is 6.92 Å². The predicted octanol–water partition coefficient (Wildman–Crippen LogP) is 4.26. The minimum absolute atomic E-state index is 0.146. The van der Waals surface area contributed by atoms with Gasteiger partial charge in [-0.3, -0.25) is 4.79 Å². The van der Waals surface area contributed by atoms with Crippen molar-refractivity contribution in [1.82, 2.24) is 15.2 Å². The third kappa shape index (κ3) is 3.25. The largest absolute Gasteiger partial charge is 0.360 e. The first-order chi connectivity index (χ1) is 12.7. The average Bonchev–Trinajstić information content (AvgIpc) is 3.09. The number of carbonyl (C=O) groups excluding carboxylic acids is 1. The van der Waals surface area contributed by atoms with Crippen molar-refractivity contribution < 1.29 is 4.79 Å². The number of aryl methyl sites for hydroxylation is 1. The van der Waals surface area contributed by atoms with Crippen molar-refractivity contribution in [2.75, 3.05) is 10.6 Å². The molecule has 6 nitrogen and oxygen atoms in total. The van der Waals surface area contributed by atoms with Gasteiger partial charge in [-0.25, -0.2) is 0 Å². The maximum atomic E-state index is 12.5. The minimum atomic E-state index is -0.146. The number of anilines is 3. The number of aromatic amines is 1. The number of carbonyl (C=O) groups is 1. The highest BCUT2D eigenvalue weighted by Crippen LogP contribution is 2.21. The van der Waals surface area contributed by atoms with Gasteiger partial charge in [0, 0.05) is 28.5 Å². The van der Waals surface area contributed by atoms with E-state index in [0.29, 0.717) is 11.4 Å². The smallest absolute Gasteiger partial charge is 0.257 e. The molecule has 1 amide bonds. The molecule has 0 radical (unpaired) electrons. The Labute approximate surface area is 150 Å². The summed E-state index contributed by atoms with van der Waals surface area (Å²) in [7, 11) is 0. The highest BCUT2D eigenvalue weighted by atomic mass is 16.1. The quantitative estimate of drug-likeness (QED) is 0.517. The van der Waals surface area contributed by atoms with Gasteiger partial charge in [0.15, 0.2) is 5.82 Å². The van der Waals surface area contributed by atoms with Crippen molar-refractivity contribution in [3.63, 3.8) is 0 Å². The van der Waals surface area contributed by atoms with E-state index in [1.54, 1.807) is 6.20 Å². The Morgan fingerprint density at radius 1 is 0.923 bits per heavy atom. The number of para-hydroxylation sites is 1. The van der Waals surface area contributed by atoms with Gasteiger partial charge in [0.1, 0.15) is 0 Å². The Kier molecular flexibility index (Phi) is 4.07. The summed E-state index contributed by atoms with van der Waals surface area (Å²) in [6.07, 6.45) is 1.73. The second-order valence-electron chi connectivity index (χ2n) is 5.96. The zero-order valence-electron chi connectivity index (χ0n) is 14.2. The molecular formula is C20H17N5O. The van der Waals surface area contributed by atoms with E-state index in [-0.39, 0.29) is 5.91 Å². The van der Waals surface area contributed by atoms with Crippen LogP contribution in [-0.4, -0.2) is 21.1 Å². The van der Waals surface area contributed by atoms with Crippen molar-refractivity contribution in [3.05, 3.63) is 78.1 Å². The fourth-order valence-electron chi connectivity index (χ4n) is 2.71. The summed E-state index contributed by atoms with van der Waals surface area (Å²) in [6, 6.07) is 18.9. The van der Waals surface area contributed by atoms with Crippen molar-refractivity contribution >= 4 is 34.0 Å². The van der Waals surface area contributed by atoms with E-state index >= 15 is 0 Å². The summed E-state index contributed by atoms with van der Waals surface area (Å²) in [5.74, 6) is 0.527. The number of benzene rings is 2. The molecule has 4 aromatic rings. The Morgan fingerprint density at radius 3 is 2.46 bits per heavy atom. The van der Waals surface area contributed by atoms with Crippen LogP contribution in [0.1, 0.15) is 16.1 Å². The topological polar surface area (TPSA) is 82.7 Å². The normalized spacial score (nSPS) is 10.7. The Hall–Kier alpha value is -3.67. The number of nitrogens with one attached hydrogen (secondary N) is 3. The first-order valence-electron chi connectivity index (χ1n) is 8.24. The van der Waals surface area contributed by atoms with Gasteiger partial charge in [-0.2, -0.15) is 5.10 Å². The number of rotatable bonds is 4. The summed E-state index contributed by atoms with van der Waals surface area (Å²) >= 11 is 0. The van der Waals surface area contributed by atoms with Crippen LogP contribution in [0.15, 0.2) is 66.9 Å². The van der Waals surface area contributed by atoms with E-state index in [0.717, 1.165) is 28.0 Å². The van der Waals surface area contributed by atoms with Gasteiger partial charge < -0.3 is 15.6 Å². The highest BCUT2D eigenvalue weighted by Gasteiger charge is 2.11. The Morgan fingerprint density at radius 2 is 1.69 bits per heavy atom. The molecule has 0 aliphatic carbocycles. The fraction of sp³-hybridized carbons (Fsp3) is 0.0500. The SMILES string of the molecule is Cc1ccc(Nc2ccc(NC(=O)c3c[nH]c4ccccc34)cc2)nn1. The summed E-state index contributed by atoms with van der Waals surface area (Å²) < 4.78 is 0. The van der Waals surface area contributed by atoms with E-state index < -0.39 is 0 Å². The molecule has 0 saturated heterocycles. The third-order valence-corrected chi connectivity index (χ3v) is 4.05.